The third-order valence-electron chi connectivity index (χ3n) is 4.54. The smallest absolute Gasteiger partial charge is 0.170 e. The van der Waals surface area contributed by atoms with Crippen molar-refractivity contribution >= 4 is 12.0 Å². The first kappa shape index (κ1) is 18.5. The lowest BCUT2D eigenvalue weighted by Crippen LogP contribution is -1.97. The largest absolute Gasteiger partial charge is 0.481 e. The zero-order valence-electron chi connectivity index (χ0n) is 16.5. The van der Waals surface area contributed by atoms with Crippen LogP contribution in [0.2, 0.25) is 0 Å². The Morgan fingerprint density at radius 3 is 2.52 bits per heavy atom. The Morgan fingerprint density at radius 1 is 0.966 bits per heavy atom. The molecule has 0 amide bonds. The number of rotatable bonds is 6. The molecule has 0 N–H and O–H groups in total. The molecule has 4 rings (SSSR count). The molecule has 0 radical (unpaired) electrons. The van der Waals surface area contributed by atoms with Crippen LogP contribution >= 0.6 is 0 Å². The number of hydrogen-bond acceptors (Lipinski definition) is 3. The van der Waals surface area contributed by atoms with E-state index in [4.69, 9.17) is 4.74 Å². The lowest BCUT2D eigenvalue weighted by molar-refractivity contribution is 0.305. The van der Waals surface area contributed by atoms with Crippen LogP contribution in [-0.2, 0) is 6.61 Å². The fourth-order valence-corrected chi connectivity index (χ4v) is 2.94. The molecule has 3 aromatic carbocycles. The molecule has 0 spiro atoms. The maximum absolute atomic E-state index is 5.83. The van der Waals surface area contributed by atoms with Gasteiger partial charge in [0.1, 0.15) is 6.61 Å². The van der Waals surface area contributed by atoms with E-state index in [2.05, 4.69) is 41.3 Å². The minimum Gasteiger partial charge on any atom is -0.481 e. The van der Waals surface area contributed by atoms with Crippen LogP contribution in [0.1, 0.15) is 22.4 Å². The molecule has 0 aliphatic carbocycles. The first-order chi connectivity index (χ1) is 14.2. The van der Waals surface area contributed by atoms with E-state index < -0.39 is 0 Å². The average Bonchev–Trinajstić information content (AvgIpc) is 3.14. The van der Waals surface area contributed by atoms with Gasteiger partial charge < -0.3 is 4.74 Å². The Morgan fingerprint density at radius 2 is 1.76 bits per heavy atom. The van der Waals surface area contributed by atoms with Crippen LogP contribution in [0.3, 0.4) is 0 Å². The summed E-state index contributed by atoms with van der Waals surface area (Å²) < 4.78 is 7.65. The molecule has 4 heteroatoms. The van der Waals surface area contributed by atoms with Gasteiger partial charge in [-0.15, -0.1) is 0 Å². The van der Waals surface area contributed by atoms with Crippen LogP contribution in [0.4, 0.5) is 5.82 Å². The van der Waals surface area contributed by atoms with Crippen molar-refractivity contribution in [3.05, 3.63) is 107 Å². The second-order valence-electron chi connectivity index (χ2n) is 6.77. The van der Waals surface area contributed by atoms with Crippen molar-refractivity contribution in [2.45, 2.75) is 20.5 Å². The van der Waals surface area contributed by atoms with E-state index in [0.717, 1.165) is 28.3 Å². The Kier molecular flexibility index (Phi) is 5.40. The Bertz CT molecular complexity index is 1110. The molecule has 29 heavy (non-hydrogen) atoms. The normalized spacial score (nSPS) is 10.8. The number of benzene rings is 2. The molecule has 4 aromatic rings. The fourth-order valence-electron chi connectivity index (χ4n) is 2.94. The van der Waals surface area contributed by atoms with Gasteiger partial charge in [-0.3, -0.25) is 0 Å². The highest BCUT2D eigenvalue weighted by atomic mass is 16.5. The lowest BCUT2D eigenvalue weighted by atomic mass is 10.1. The zero-order chi connectivity index (χ0) is 20.1. The minimum atomic E-state index is 0.514. The highest BCUT2D eigenvalue weighted by Crippen LogP contribution is 2.20. The summed E-state index contributed by atoms with van der Waals surface area (Å²) in [5.41, 5.74) is 5.09. The van der Waals surface area contributed by atoms with E-state index >= 15 is 0 Å². The molecule has 1 heterocycles. The van der Waals surface area contributed by atoms with E-state index in [-0.39, 0.29) is 0 Å². The fraction of sp³-hybridized carbons (Fsp3) is 0.120. The highest BCUT2D eigenvalue weighted by molar-refractivity contribution is 5.80. The number of aromatic nitrogens is 2. The molecule has 0 saturated heterocycles. The molecular formula is C25H21N3O. The van der Waals surface area contributed by atoms with Gasteiger partial charge in [0.25, 0.3) is 0 Å². The van der Waals surface area contributed by atoms with E-state index in [9.17, 15) is 0 Å². The van der Waals surface area contributed by atoms with Gasteiger partial charge >= 0.3 is 0 Å². The Labute approximate surface area is 171 Å². The van der Waals surface area contributed by atoms with Crippen molar-refractivity contribution < 1.29 is 4.74 Å². The SMILES string of the molecule is Cc1cc(N=Cc2c#cc(OCc3ccccc3C)cc2)n(-c2ccccc2)n1. The summed E-state index contributed by atoms with van der Waals surface area (Å²) in [4.78, 5) is 4.59. The van der Waals surface area contributed by atoms with Crippen LogP contribution < -0.4 is 4.74 Å². The minimum absolute atomic E-state index is 0.514. The summed E-state index contributed by atoms with van der Waals surface area (Å²) in [5.74, 6) is 1.43. The second kappa shape index (κ2) is 8.45. The van der Waals surface area contributed by atoms with Crippen molar-refractivity contribution in [3.8, 4) is 11.4 Å². The molecule has 142 valence electrons. The van der Waals surface area contributed by atoms with E-state index in [1.165, 1.54) is 5.56 Å². The van der Waals surface area contributed by atoms with Gasteiger partial charge in [-0.1, -0.05) is 48.5 Å². The van der Waals surface area contributed by atoms with Crippen molar-refractivity contribution in [2.75, 3.05) is 0 Å². The molecule has 0 aliphatic rings. The summed E-state index contributed by atoms with van der Waals surface area (Å²) in [7, 11) is 0. The predicted octanol–water partition coefficient (Wildman–Crippen LogP) is 5.42. The van der Waals surface area contributed by atoms with Crippen LogP contribution in [0.5, 0.6) is 5.75 Å². The van der Waals surface area contributed by atoms with Crippen molar-refractivity contribution in [1.29, 1.82) is 0 Å². The summed E-state index contributed by atoms with van der Waals surface area (Å²) in [6, 6.07) is 30.1. The first-order valence-corrected chi connectivity index (χ1v) is 9.46. The van der Waals surface area contributed by atoms with Gasteiger partial charge in [0.2, 0.25) is 0 Å². The molecule has 0 fully saturated rings. The molecule has 0 saturated carbocycles. The third-order valence-corrected chi connectivity index (χ3v) is 4.54. The van der Waals surface area contributed by atoms with Gasteiger partial charge in [0.15, 0.2) is 11.6 Å². The van der Waals surface area contributed by atoms with Crippen LogP contribution in [0.25, 0.3) is 5.69 Å². The molecule has 1 aromatic heterocycles. The van der Waals surface area contributed by atoms with E-state index in [1.54, 1.807) is 6.21 Å². The summed E-state index contributed by atoms with van der Waals surface area (Å²) in [6.07, 6.45) is 1.76. The molecule has 0 atom stereocenters. The number of nitrogens with zero attached hydrogens (tertiary/aromatic N) is 3. The molecular weight excluding hydrogens is 358 g/mol. The zero-order valence-corrected chi connectivity index (χ0v) is 16.5. The van der Waals surface area contributed by atoms with Gasteiger partial charge in [0.05, 0.1) is 11.4 Å². The first-order valence-electron chi connectivity index (χ1n) is 9.46. The van der Waals surface area contributed by atoms with Gasteiger partial charge in [-0.25, -0.2) is 9.67 Å². The van der Waals surface area contributed by atoms with Gasteiger partial charge in [0, 0.05) is 17.8 Å². The van der Waals surface area contributed by atoms with Gasteiger partial charge in [-0.2, -0.15) is 5.10 Å². The second-order valence-corrected chi connectivity index (χ2v) is 6.77. The van der Waals surface area contributed by atoms with Crippen molar-refractivity contribution in [1.82, 2.24) is 9.78 Å². The van der Waals surface area contributed by atoms with Crippen LogP contribution in [0, 0.1) is 26.0 Å². The van der Waals surface area contributed by atoms with Crippen LogP contribution in [0.15, 0.2) is 77.8 Å². The summed E-state index contributed by atoms with van der Waals surface area (Å²) in [5, 5.41) is 4.53. The highest BCUT2D eigenvalue weighted by Gasteiger charge is 2.05. The number of hydrogen-bond donors (Lipinski definition) is 0. The van der Waals surface area contributed by atoms with Crippen LogP contribution in [-0.4, -0.2) is 16.0 Å². The van der Waals surface area contributed by atoms with Crippen molar-refractivity contribution in [2.24, 2.45) is 4.99 Å². The lowest BCUT2D eigenvalue weighted by Gasteiger charge is -2.06. The molecule has 0 bridgehead atoms. The third kappa shape index (κ3) is 4.53. The number of ether oxygens (including phenoxy) is 1. The summed E-state index contributed by atoms with van der Waals surface area (Å²) in [6.45, 7) is 4.55. The Hall–Kier alpha value is -3.84. The molecule has 0 aliphatic heterocycles. The maximum Gasteiger partial charge on any atom is 0.170 e. The Balaban J connectivity index is 1.46. The van der Waals surface area contributed by atoms with E-state index in [1.807, 2.05) is 72.3 Å². The monoisotopic (exact) mass is 379 g/mol. The van der Waals surface area contributed by atoms with E-state index in [0.29, 0.717) is 12.4 Å². The average molecular weight is 379 g/mol. The summed E-state index contributed by atoms with van der Waals surface area (Å²) >= 11 is 0. The topological polar surface area (TPSA) is 39.4 Å². The maximum atomic E-state index is 5.83. The molecule has 0 unspecified atom stereocenters. The number of aliphatic imine (C=N–C) groups is 1. The quantitative estimate of drug-likeness (QED) is 0.420. The predicted molar refractivity (Wildman–Crippen MR) is 115 cm³/mol. The standard InChI is InChI=1S/C25H21N3O/c1-19-8-6-7-9-22(19)18-29-24-14-12-21(13-15-24)17-26-25-16-20(2)27-28(25)23-10-4-3-5-11-23/h3-12,14,16-17H,18H2,1-2H3. The van der Waals surface area contributed by atoms with Gasteiger partial charge in [-0.05, 0) is 55.3 Å². The number of para-hydroxylation sites is 1. The molecule has 4 nitrogen and oxygen atoms in total. The number of aryl methyl sites for hydroxylation is 2. The van der Waals surface area contributed by atoms with Crippen molar-refractivity contribution in [3.63, 3.8) is 0 Å².